The molecule has 2 aromatic heterocycles. The van der Waals surface area contributed by atoms with Crippen LogP contribution < -0.4 is 10.6 Å². The van der Waals surface area contributed by atoms with Gasteiger partial charge in [-0.1, -0.05) is 0 Å². The van der Waals surface area contributed by atoms with Crippen LogP contribution in [0, 0.1) is 6.92 Å². The zero-order chi connectivity index (χ0) is 23.5. The van der Waals surface area contributed by atoms with Gasteiger partial charge in [0.15, 0.2) is 0 Å². The van der Waals surface area contributed by atoms with E-state index in [1.807, 2.05) is 13.1 Å². The molecule has 1 amide bonds. The standard InChI is InChI=1S/C24H32N8O2/c1-17-21(16-32(29-17)19-8-12-30(2)15-19)27-23-26-14-20(18-6-7-18)22(28-23)25-9-5-11-31-10-3-4-13-34-24(31)33/h3-4,10,13-14,16,18-19H,5-9,11-12,15H2,1-2H3,(H2,25,26,27,28). The minimum Gasteiger partial charge on any atom is -0.418 e. The molecule has 1 saturated heterocycles. The first-order valence-electron chi connectivity index (χ1n) is 12.0. The fraction of sp³-hybridized carbons (Fsp3) is 0.500. The Labute approximate surface area is 199 Å². The lowest BCUT2D eigenvalue weighted by molar-refractivity contribution is 0.155. The van der Waals surface area contributed by atoms with Gasteiger partial charge in [-0.25, -0.2) is 9.78 Å². The number of nitrogens with zero attached hydrogens (tertiary/aromatic N) is 6. The molecule has 0 aromatic carbocycles. The third kappa shape index (κ3) is 5.22. The number of cyclic esters (lactones) is 1. The van der Waals surface area contributed by atoms with Crippen LogP contribution in [0.4, 0.5) is 22.2 Å². The average molecular weight is 465 g/mol. The SMILES string of the molecule is Cc1nn(C2CCN(C)C2)cc1Nc1ncc(C2CC2)c(NCCCN2C=CC=COC2=O)n1. The van der Waals surface area contributed by atoms with Crippen LogP contribution in [0.1, 0.15) is 48.9 Å². The van der Waals surface area contributed by atoms with Crippen molar-refractivity contribution in [2.24, 2.45) is 0 Å². The first-order chi connectivity index (χ1) is 16.6. The molecule has 2 N–H and O–H groups in total. The van der Waals surface area contributed by atoms with Crippen molar-refractivity contribution in [3.63, 3.8) is 0 Å². The van der Waals surface area contributed by atoms with Gasteiger partial charge in [-0.2, -0.15) is 10.1 Å². The summed E-state index contributed by atoms with van der Waals surface area (Å²) in [5.41, 5.74) is 3.02. The summed E-state index contributed by atoms with van der Waals surface area (Å²) in [5, 5.41) is 11.6. The van der Waals surface area contributed by atoms with E-state index in [0.29, 0.717) is 31.0 Å². The van der Waals surface area contributed by atoms with E-state index in [0.717, 1.165) is 48.7 Å². The van der Waals surface area contributed by atoms with Crippen molar-refractivity contribution in [3.8, 4) is 0 Å². The predicted octanol–water partition coefficient (Wildman–Crippen LogP) is 3.76. The van der Waals surface area contributed by atoms with Gasteiger partial charge in [-0.05, 0) is 64.3 Å². The predicted molar refractivity (Wildman–Crippen MR) is 130 cm³/mol. The second kappa shape index (κ2) is 9.84. The monoisotopic (exact) mass is 464 g/mol. The molecule has 0 radical (unpaired) electrons. The number of hydrogen-bond donors (Lipinski definition) is 2. The van der Waals surface area contributed by atoms with Gasteiger partial charge in [0.2, 0.25) is 5.95 Å². The summed E-state index contributed by atoms with van der Waals surface area (Å²) in [7, 11) is 2.15. The number of carbonyl (C=O) groups excluding carboxylic acids is 1. The van der Waals surface area contributed by atoms with Gasteiger partial charge in [0.05, 0.1) is 23.7 Å². The Bertz CT molecular complexity index is 1090. The molecule has 5 rings (SSSR count). The molecule has 10 heteroatoms. The Kier molecular flexibility index (Phi) is 6.48. The molecule has 1 aliphatic carbocycles. The number of likely N-dealkylation sites (N-methyl/N-ethyl adjacent to an activating group) is 1. The van der Waals surface area contributed by atoms with Crippen molar-refractivity contribution in [1.29, 1.82) is 0 Å². The molecular weight excluding hydrogens is 432 g/mol. The summed E-state index contributed by atoms with van der Waals surface area (Å²) in [6, 6.07) is 0.404. The molecule has 4 heterocycles. The van der Waals surface area contributed by atoms with E-state index in [1.54, 1.807) is 23.3 Å². The topological polar surface area (TPSA) is 100 Å². The van der Waals surface area contributed by atoms with E-state index in [4.69, 9.17) is 14.8 Å². The molecule has 10 nitrogen and oxygen atoms in total. The molecule has 0 spiro atoms. The number of carbonyl (C=O) groups is 1. The molecule has 1 unspecified atom stereocenters. The second-order valence-corrected chi connectivity index (χ2v) is 9.24. The highest BCUT2D eigenvalue weighted by Gasteiger charge is 2.28. The number of likely N-dealkylation sites (tertiary alicyclic amines) is 1. The van der Waals surface area contributed by atoms with Crippen LogP contribution >= 0.6 is 0 Å². The quantitative estimate of drug-likeness (QED) is 0.541. The van der Waals surface area contributed by atoms with Crippen LogP contribution in [0.2, 0.25) is 0 Å². The second-order valence-electron chi connectivity index (χ2n) is 9.24. The van der Waals surface area contributed by atoms with Gasteiger partial charge in [-0.3, -0.25) is 9.58 Å². The Hall–Kier alpha value is -3.40. The first-order valence-corrected chi connectivity index (χ1v) is 12.0. The normalized spacial score (nSPS) is 20.5. The number of amides is 1. The minimum absolute atomic E-state index is 0.364. The van der Waals surface area contributed by atoms with E-state index in [1.165, 1.54) is 19.1 Å². The number of allylic oxidation sites excluding steroid dienone is 2. The van der Waals surface area contributed by atoms with Crippen molar-refractivity contribution < 1.29 is 9.53 Å². The Balaban J connectivity index is 1.22. The van der Waals surface area contributed by atoms with Crippen molar-refractivity contribution in [3.05, 3.63) is 48.3 Å². The van der Waals surface area contributed by atoms with Crippen LogP contribution in [-0.4, -0.2) is 68.9 Å². The maximum atomic E-state index is 11.9. The lowest BCUT2D eigenvalue weighted by atomic mass is 10.2. The van der Waals surface area contributed by atoms with E-state index >= 15 is 0 Å². The number of hydrogen-bond acceptors (Lipinski definition) is 8. The van der Waals surface area contributed by atoms with Gasteiger partial charge >= 0.3 is 6.09 Å². The summed E-state index contributed by atoms with van der Waals surface area (Å²) in [6.07, 6.45) is 14.5. The van der Waals surface area contributed by atoms with Crippen molar-refractivity contribution in [2.75, 3.05) is 43.9 Å². The van der Waals surface area contributed by atoms with Gasteiger partial charge in [0.25, 0.3) is 0 Å². The number of nitrogens with one attached hydrogen (secondary N) is 2. The molecule has 0 bridgehead atoms. The Morgan fingerprint density at radius 3 is 2.91 bits per heavy atom. The molecular formula is C24H32N8O2. The Morgan fingerprint density at radius 2 is 2.12 bits per heavy atom. The van der Waals surface area contributed by atoms with Crippen LogP contribution in [0.25, 0.3) is 0 Å². The van der Waals surface area contributed by atoms with Gasteiger partial charge in [-0.15, -0.1) is 0 Å². The largest absolute Gasteiger partial charge is 0.418 e. The summed E-state index contributed by atoms with van der Waals surface area (Å²) < 4.78 is 7.06. The third-order valence-corrected chi connectivity index (χ3v) is 6.47. The highest BCUT2D eigenvalue weighted by atomic mass is 16.5. The molecule has 1 saturated carbocycles. The first kappa shape index (κ1) is 22.4. The fourth-order valence-corrected chi connectivity index (χ4v) is 4.37. The number of aryl methyl sites for hydroxylation is 1. The maximum Gasteiger partial charge on any atom is 0.418 e. The van der Waals surface area contributed by atoms with Crippen molar-refractivity contribution in [1.82, 2.24) is 29.5 Å². The number of ether oxygens (including phenoxy) is 1. The molecule has 2 aromatic rings. The van der Waals surface area contributed by atoms with Gasteiger partial charge in [0.1, 0.15) is 5.82 Å². The van der Waals surface area contributed by atoms with E-state index in [-0.39, 0.29) is 6.09 Å². The lowest BCUT2D eigenvalue weighted by Crippen LogP contribution is -2.27. The summed E-state index contributed by atoms with van der Waals surface area (Å²) in [4.78, 5) is 25.2. The molecule has 1 atom stereocenters. The number of anilines is 3. The van der Waals surface area contributed by atoms with E-state index < -0.39 is 0 Å². The zero-order valence-corrected chi connectivity index (χ0v) is 19.8. The van der Waals surface area contributed by atoms with Crippen molar-refractivity contribution in [2.45, 2.75) is 44.6 Å². The molecule has 180 valence electrons. The maximum absolute atomic E-state index is 11.9. The molecule has 2 fully saturated rings. The fourth-order valence-electron chi connectivity index (χ4n) is 4.37. The highest BCUT2D eigenvalue weighted by Crippen LogP contribution is 2.42. The van der Waals surface area contributed by atoms with Crippen LogP contribution in [0.3, 0.4) is 0 Å². The summed E-state index contributed by atoms with van der Waals surface area (Å²) in [6.45, 7) is 5.37. The number of aromatic nitrogens is 4. The Morgan fingerprint density at radius 1 is 1.24 bits per heavy atom. The average Bonchev–Trinajstić information content (AvgIpc) is 3.52. The minimum atomic E-state index is -0.364. The van der Waals surface area contributed by atoms with E-state index in [9.17, 15) is 4.79 Å². The van der Waals surface area contributed by atoms with Crippen LogP contribution in [0.5, 0.6) is 0 Å². The van der Waals surface area contributed by atoms with E-state index in [2.05, 4.69) is 38.4 Å². The summed E-state index contributed by atoms with van der Waals surface area (Å²) >= 11 is 0. The highest BCUT2D eigenvalue weighted by molar-refractivity contribution is 5.70. The molecule has 3 aliphatic rings. The third-order valence-electron chi connectivity index (χ3n) is 6.47. The lowest BCUT2D eigenvalue weighted by Gasteiger charge is -2.16. The zero-order valence-electron chi connectivity index (χ0n) is 19.8. The number of rotatable bonds is 9. The van der Waals surface area contributed by atoms with Gasteiger partial charge in [0, 0.05) is 43.8 Å². The molecule has 34 heavy (non-hydrogen) atoms. The van der Waals surface area contributed by atoms with Crippen molar-refractivity contribution >= 4 is 23.5 Å². The van der Waals surface area contributed by atoms with Crippen LogP contribution in [-0.2, 0) is 4.74 Å². The van der Waals surface area contributed by atoms with Crippen LogP contribution in [0.15, 0.2) is 37.0 Å². The van der Waals surface area contributed by atoms with Gasteiger partial charge < -0.3 is 20.3 Å². The smallest absolute Gasteiger partial charge is 0.418 e. The molecule has 2 aliphatic heterocycles. The summed E-state index contributed by atoms with van der Waals surface area (Å²) in [5.74, 6) is 1.94.